The molecule has 2 aromatic heterocycles. The molecule has 5 nitrogen and oxygen atoms in total. The van der Waals surface area contributed by atoms with Gasteiger partial charge in [-0.3, -0.25) is 14.7 Å². The van der Waals surface area contributed by atoms with Crippen LogP contribution in [-0.2, 0) is 0 Å². The highest BCUT2D eigenvalue weighted by atomic mass is 32.1. The lowest BCUT2D eigenvalue weighted by molar-refractivity contribution is 0.0764. The van der Waals surface area contributed by atoms with Crippen LogP contribution in [0.4, 0.5) is 0 Å². The maximum Gasteiger partial charge on any atom is 0.265 e. The van der Waals surface area contributed by atoms with Gasteiger partial charge in [-0.25, -0.2) is 4.98 Å². The predicted molar refractivity (Wildman–Crippen MR) is 91.5 cm³/mol. The van der Waals surface area contributed by atoms with Gasteiger partial charge in [0.05, 0.1) is 11.2 Å². The molecule has 2 aromatic rings. The van der Waals surface area contributed by atoms with Gasteiger partial charge in [-0.05, 0) is 44.5 Å². The first-order valence-corrected chi connectivity index (χ1v) is 8.71. The summed E-state index contributed by atoms with van der Waals surface area (Å²) in [6, 6.07) is 4.43. The van der Waals surface area contributed by atoms with Crippen molar-refractivity contribution in [3.63, 3.8) is 0 Å². The van der Waals surface area contributed by atoms with Gasteiger partial charge >= 0.3 is 0 Å². The van der Waals surface area contributed by atoms with Crippen LogP contribution in [-0.4, -0.2) is 52.9 Å². The third kappa shape index (κ3) is 3.28. The Morgan fingerprint density at radius 3 is 3.00 bits per heavy atom. The number of carbonyl (C=O) groups is 1. The van der Waals surface area contributed by atoms with Crippen LogP contribution in [0.1, 0.15) is 33.4 Å². The number of amides is 1. The molecular weight excluding hydrogens is 308 g/mol. The summed E-state index contributed by atoms with van der Waals surface area (Å²) in [6.45, 7) is 3.69. The summed E-state index contributed by atoms with van der Waals surface area (Å²) in [5.74, 6) is 0.496. The van der Waals surface area contributed by atoms with Crippen molar-refractivity contribution in [1.82, 2.24) is 19.8 Å². The lowest BCUT2D eigenvalue weighted by Crippen LogP contribution is -2.34. The van der Waals surface area contributed by atoms with Gasteiger partial charge in [-0.15, -0.1) is 11.3 Å². The molecule has 3 rings (SSSR count). The van der Waals surface area contributed by atoms with Crippen LogP contribution in [0.5, 0.6) is 0 Å². The summed E-state index contributed by atoms with van der Waals surface area (Å²) in [5, 5.41) is 0. The zero-order valence-corrected chi connectivity index (χ0v) is 14.6. The Labute approximate surface area is 141 Å². The van der Waals surface area contributed by atoms with E-state index >= 15 is 0 Å². The van der Waals surface area contributed by atoms with Crippen LogP contribution in [0.25, 0.3) is 0 Å². The number of thiazole rings is 1. The molecule has 2 atom stereocenters. The van der Waals surface area contributed by atoms with E-state index in [1.807, 2.05) is 31.1 Å². The lowest BCUT2D eigenvalue weighted by atomic mass is 9.94. The highest BCUT2D eigenvalue weighted by molar-refractivity contribution is 7.11. The van der Waals surface area contributed by atoms with E-state index < -0.39 is 0 Å². The smallest absolute Gasteiger partial charge is 0.265 e. The Morgan fingerprint density at radius 2 is 2.35 bits per heavy atom. The summed E-state index contributed by atoms with van der Waals surface area (Å²) < 4.78 is 0. The molecule has 23 heavy (non-hydrogen) atoms. The Bertz CT molecular complexity index is 672. The van der Waals surface area contributed by atoms with E-state index in [1.54, 1.807) is 11.7 Å². The minimum atomic E-state index is 0.0736. The molecule has 122 valence electrons. The van der Waals surface area contributed by atoms with Gasteiger partial charge in [0.1, 0.15) is 4.88 Å². The average Bonchev–Trinajstić information content (AvgIpc) is 3.13. The van der Waals surface area contributed by atoms with Gasteiger partial charge in [0.15, 0.2) is 0 Å². The fraction of sp³-hybridized carbons (Fsp3) is 0.471. The number of hydrogen-bond donors (Lipinski definition) is 0. The molecule has 0 aliphatic carbocycles. The van der Waals surface area contributed by atoms with Crippen LogP contribution < -0.4 is 0 Å². The highest BCUT2D eigenvalue weighted by Gasteiger charge is 2.34. The van der Waals surface area contributed by atoms with Crippen molar-refractivity contribution in [1.29, 1.82) is 0 Å². The van der Waals surface area contributed by atoms with Crippen molar-refractivity contribution in [2.24, 2.45) is 5.92 Å². The van der Waals surface area contributed by atoms with Gasteiger partial charge in [-0.2, -0.15) is 0 Å². The molecule has 1 saturated heterocycles. The Morgan fingerprint density at radius 1 is 1.52 bits per heavy atom. The van der Waals surface area contributed by atoms with E-state index in [-0.39, 0.29) is 5.91 Å². The van der Waals surface area contributed by atoms with Crippen LogP contribution in [0.2, 0.25) is 0 Å². The van der Waals surface area contributed by atoms with Gasteiger partial charge in [-0.1, -0.05) is 6.07 Å². The molecule has 0 saturated carbocycles. The maximum atomic E-state index is 12.6. The Balaban J connectivity index is 1.74. The van der Waals surface area contributed by atoms with E-state index in [1.165, 1.54) is 16.9 Å². The van der Waals surface area contributed by atoms with Gasteiger partial charge in [0, 0.05) is 32.0 Å². The number of likely N-dealkylation sites (tertiary alicyclic amines) is 1. The first kappa shape index (κ1) is 16.1. The fourth-order valence-corrected chi connectivity index (χ4v) is 4.21. The summed E-state index contributed by atoms with van der Waals surface area (Å²) >= 11 is 1.42. The van der Waals surface area contributed by atoms with E-state index in [2.05, 4.69) is 28.0 Å². The summed E-state index contributed by atoms with van der Waals surface area (Å²) in [6.07, 6.45) is 4.83. The molecule has 0 aromatic carbocycles. The van der Waals surface area contributed by atoms with E-state index in [9.17, 15) is 4.79 Å². The lowest BCUT2D eigenvalue weighted by Gasteiger charge is -2.28. The second kappa shape index (κ2) is 6.76. The zero-order chi connectivity index (χ0) is 16.4. The van der Waals surface area contributed by atoms with E-state index in [0.717, 1.165) is 30.1 Å². The van der Waals surface area contributed by atoms with Crippen LogP contribution in [0.3, 0.4) is 0 Å². The van der Waals surface area contributed by atoms with Crippen molar-refractivity contribution in [2.75, 3.05) is 27.2 Å². The van der Waals surface area contributed by atoms with E-state index in [4.69, 9.17) is 0 Å². The number of aromatic nitrogens is 2. The molecule has 0 bridgehead atoms. The van der Waals surface area contributed by atoms with Crippen molar-refractivity contribution in [3.8, 4) is 0 Å². The molecule has 1 aliphatic heterocycles. The molecule has 1 aliphatic rings. The number of hydrogen-bond acceptors (Lipinski definition) is 5. The van der Waals surface area contributed by atoms with Crippen LogP contribution in [0, 0.1) is 12.8 Å². The number of nitrogens with zero attached hydrogens (tertiary/aromatic N) is 4. The highest BCUT2D eigenvalue weighted by Crippen LogP contribution is 2.36. The van der Waals surface area contributed by atoms with Crippen molar-refractivity contribution < 1.29 is 4.79 Å². The molecule has 0 radical (unpaired) electrons. The monoisotopic (exact) mass is 330 g/mol. The number of aryl methyl sites for hydroxylation is 1. The molecule has 0 spiro atoms. The van der Waals surface area contributed by atoms with Gasteiger partial charge < -0.3 is 4.90 Å². The normalized spacial score (nSPS) is 21.5. The third-order valence-electron chi connectivity index (χ3n) is 4.59. The molecule has 1 fully saturated rings. The molecule has 0 unspecified atom stereocenters. The number of pyridine rings is 1. The number of carbonyl (C=O) groups excluding carboxylic acids is 1. The SMILES string of the molecule is Cc1ncsc1C(=O)N(C)C[C@@H]1CCN(C)[C@H]1c1cccnc1. The Kier molecular flexibility index (Phi) is 4.73. The summed E-state index contributed by atoms with van der Waals surface area (Å²) in [5.41, 5.74) is 3.78. The first-order valence-electron chi connectivity index (χ1n) is 7.83. The van der Waals surface area contributed by atoms with Crippen molar-refractivity contribution >= 4 is 17.2 Å². The Hall–Kier alpha value is -1.79. The molecule has 6 heteroatoms. The fourth-order valence-electron chi connectivity index (χ4n) is 3.41. The topological polar surface area (TPSA) is 49.3 Å². The molecule has 0 N–H and O–H groups in total. The van der Waals surface area contributed by atoms with E-state index in [0.29, 0.717) is 12.0 Å². The second-order valence-corrected chi connectivity index (χ2v) is 7.07. The van der Waals surface area contributed by atoms with Gasteiger partial charge in [0.2, 0.25) is 0 Å². The first-order chi connectivity index (χ1) is 11.1. The molecule has 1 amide bonds. The quantitative estimate of drug-likeness (QED) is 0.865. The minimum Gasteiger partial charge on any atom is -0.341 e. The van der Waals surface area contributed by atoms with Crippen LogP contribution in [0.15, 0.2) is 30.0 Å². The predicted octanol–water partition coefficient (Wildman–Crippen LogP) is 2.61. The summed E-state index contributed by atoms with van der Waals surface area (Å²) in [4.78, 5) is 26.0. The maximum absolute atomic E-state index is 12.6. The number of rotatable bonds is 4. The molecular formula is C17H22N4OS. The standard InChI is InChI=1S/C17H22N4OS/c1-12-16(23-11-19-12)17(22)21(3)10-14-6-8-20(2)15(14)13-5-4-7-18-9-13/h4-5,7,9,11,14-15H,6,8,10H2,1-3H3/t14-,15-/m0/s1. The van der Waals surface area contributed by atoms with Crippen molar-refractivity contribution in [3.05, 3.63) is 46.2 Å². The van der Waals surface area contributed by atoms with Gasteiger partial charge in [0.25, 0.3) is 5.91 Å². The van der Waals surface area contributed by atoms with Crippen LogP contribution >= 0.6 is 11.3 Å². The third-order valence-corrected chi connectivity index (χ3v) is 5.51. The average molecular weight is 330 g/mol. The largest absolute Gasteiger partial charge is 0.341 e. The minimum absolute atomic E-state index is 0.0736. The summed E-state index contributed by atoms with van der Waals surface area (Å²) in [7, 11) is 4.03. The second-order valence-electron chi connectivity index (χ2n) is 6.21. The van der Waals surface area contributed by atoms with Crippen molar-refractivity contribution in [2.45, 2.75) is 19.4 Å². The molecule has 3 heterocycles. The zero-order valence-electron chi connectivity index (χ0n) is 13.8.